The van der Waals surface area contributed by atoms with Gasteiger partial charge < -0.3 is 5.11 Å². The van der Waals surface area contributed by atoms with Gasteiger partial charge in [-0.25, -0.2) is 4.39 Å². The maximum absolute atomic E-state index is 12.8. The van der Waals surface area contributed by atoms with E-state index in [9.17, 15) is 18.0 Å². The molecule has 6 heteroatoms. The van der Waals surface area contributed by atoms with Crippen molar-refractivity contribution in [1.82, 2.24) is 0 Å². The molecule has 1 N–H and O–H groups in total. The van der Waals surface area contributed by atoms with Crippen molar-refractivity contribution in [3.8, 4) is 0 Å². The predicted molar refractivity (Wildman–Crippen MR) is 48.4 cm³/mol. The van der Waals surface area contributed by atoms with Crippen LogP contribution in [0.15, 0.2) is 11.9 Å². The Morgan fingerprint density at radius 2 is 2.00 bits per heavy atom. The quantitative estimate of drug-likeness (QED) is 0.773. The summed E-state index contributed by atoms with van der Waals surface area (Å²) in [7, 11) is 0. The molecule has 0 aromatic heterocycles. The molecular formula is C9H10ClF3O2. The third kappa shape index (κ3) is 2.27. The first-order chi connectivity index (χ1) is 6.58. The monoisotopic (exact) mass is 242 g/mol. The number of carbonyl (C=O) groups is 1. The lowest BCUT2D eigenvalue weighted by Gasteiger charge is -2.04. The fourth-order valence-corrected chi connectivity index (χ4v) is 1.78. The molecule has 0 aromatic rings. The molecule has 0 heterocycles. The number of allylic oxidation sites excluding steroid dienone is 2. The first kappa shape index (κ1) is 12.4. The van der Waals surface area contributed by atoms with Crippen LogP contribution in [-0.2, 0) is 4.79 Å². The summed E-state index contributed by atoms with van der Waals surface area (Å²) in [4.78, 5) is 10.6. The van der Waals surface area contributed by atoms with Gasteiger partial charge in [-0.15, -0.1) is 0 Å². The molecule has 0 radical (unpaired) electrons. The number of halogens is 4. The van der Waals surface area contributed by atoms with Crippen LogP contribution in [0.4, 0.5) is 13.2 Å². The molecule has 1 fully saturated rings. The van der Waals surface area contributed by atoms with E-state index in [1.165, 1.54) is 0 Å². The minimum Gasteiger partial charge on any atom is -0.481 e. The Morgan fingerprint density at radius 1 is 1.53 bits per heavy atom. The van der Waals surface area contributed by atoms with E-state index in [1.807, 2.05) is 0 Å². The van der Waals surface area contributed by atoms with E-state index in [0.717, 1.165) is 0 Å². The third-order valence-electron chi connectivity index (χ3n) is 2.77. The van der Waals surface area contributed by atoms with Crippen LogP contribution < -0.4 is 0 Å². The summed E-state index contributed by atoms with van der Waals surface area (Å²) in [5.41, 5.74) is -0.703. The van der Waals surface area contributed by atoms with Gasteiger partial charge in [-0.2, -0.15) is 8.78 Å². The number of rotatable bonds is 3. The van der Waals surface area contributed by atoms with Crippen LogP contribution in [0.3, 0.4) is 0 Å². The Hall–Kier alpha value is -0.710. The average Bonchev–Trinajstić information content (AvgIpc) is 2.50. The number of aliphatic carboxylic acids is 1. The molecule has 2 nitrogen and oxygen atoms in total. The fourth-order valence-electron chi connectivity index (χ4n) is 1.71. The zero-order chi connectivity index (χ0) is 12.0. The summed E-state index contributed by atoms with van der Waals surface area (Å²) in [5.74, 6) is -4.47. The van der Waals surface area contributed by atoms with Crippen molar-refractivity contribution in [2.75, 3.05) is 0 Å². The number of carboxylic acid groups (broad SMARTS) is 1. The molecule has 0 bridgehead atoms. The highest BCUT2D eigenvalue weighted by molar-refractivity contribution is 6.23. The molecule has 1 saturated carbocycles. The van der Waals surface area contributed by atoms with E-state index in [4.69, 9.17) is 5.11 Å². The van der Waals surface area contributed by atoms with Gasteiger partial charge in [0, 0.05) is 0 Å². The van der Waals surface area contributed by atoms with Gasteiger partial charge >= 0.3 is 11.4 Å². The highest BCUT2D eigenvalue weighted by Gasteiger charge is 2.61. The van der Waals surface area contributed by atoms with Crippen molar-refractivity contribution >= 4 is 17.6 Å². The fraction of sp³-hybridized carbons (Fsp3) is 0.667. The minimum absolute atomic E-state index is 0.603. The van der Waals surface area contributed by atoms with Crippen molar-refractivity contribution in [2.24, 2.45) is 17.3 Å². The molecule has 0 spiro atoms. The summed E-state index contributed by atoms with van der Waals surface area (Å²) in [6.45, 7) is 3.15. The lowest BCUT2D eigenvalue weighted by atomic mass is 10.1. The normalized spacial score (nSPS) is 30.1. The molecule has 0 amide bonds. The first-order valence-corrected chi connectivity index (χ1v) is 4.63. The van der Waals surface area contributed by atoms with Crippen LogP contribution in [0, 0.1) is 17.3 Å². The number of carboxylic acids is 1. The molecule has 15 heavy (non-hydrogen) atoms. The van der Waals surface area contributed by atoms with E-state index in [1.54, 1.807) is 13.8 Å². The molecule has 0 aliphatic heterocycles. The summed E-state index contributed by atoms with van der Waals surface area (Å²) in [6, 6.07) is 0. The SMILES string of the molecule is CC1(C)[C@H](C(=O)O)[C@@H]1C=C(F)C(F)(F)Cl. The lowest BCUT2D eigenvalue weighted by molar-refractivity contribution is -0.139. The Bertz CT molecular complexity index is 320. The summed E-state index contributed by atoms with van der Waals surface area (Å²) >= 11 is 4.45. The lowest BCUT2D eigenvalue weighted by Crippen LogP contribution is -2.07. The van der Waals surface area contributed by atoms with Gasteiger partial charge in [0.25, 0.3) is 0 Å². The molecule has 0 aromatic carbocycles. The Kier molecular flexibility index (Phi) is 2.80. The third-order valence-corrected chi connectivity index (χ3v) is 2.95. The molecule has 1 rings (SSSR count). The van der Waals surface area contributed by atoms with Crippen LogP contribution in [0.5, 0.6) is 0 Å². The van der Waals surface area contributed by atoms with Gasteiger partial charge in [0.2, 0.25) is 0 Å². The van der Waals surface area contributed by atoms with Crippen LogP contribution in [0.25, 0.3) is 0 Å². The predicted octanol–water partition coefficient (Wildman–Crippen LogP) is 3.03. The van der Waals surface area contributed by atoms with Crippen LogP contribution in [0.1, 0.15) is 13.8 Å². The van der Waals surface area contributed by atoms with Gasteiger partial charge in [0.1, 0.15) is 0 Å². The van der Waals surface area contributed by atoms with Crippen molar-refractivity contribution in [1.29, 1.82) is 0 Å². The summed E-state index contributed by atoms with van der Waals surface area (Å²) < 4.78 is 37.3. The van der Waals surface area contributed by atoms with Gasteiger partial charge in [0.05, 0.1) is 5.92 Å². The van der Waals surface area contributed by atoms with Gasteiger partial charge in [-0.05, 0) is 29.0 Å². The summed E-state index contributed by atoms with van der Waals surface area (Å²) in [6.07, 6.45) is 0.603. The van der Waals surface area contributed by atoms with Crippen LogP contribution in [0.2, 0.25) is 0 Å². The molecule has 86 valence electrons. The van der Waals surface area contributed by atoms with Crippen molar-refractivity contribution in [3.63, 3.8) is 0 Å². The maximum atomic E-state index is 12.8. The summed E-state index contributed by atoms with van der Waals surface area (Å²) in [5, 5.41) is 4.65. The van der Waals surface area contributed by atoms with Gasteiger partial charge in [0.15, 0.2) is 5.83 Å². The first-order valence-electron chi connectivity index (χ1n) is 4.26. The molecule has 0 saturated heterocycles. The van der Waals surface area contributed by atoms with E-state index >= 15 is 0 Å². The molecule has 0 unspecified atom stereocenters. The van der Waals surface area contributed by atoms with Crippen molar-refractivity contribution in [2.45, 2.75) is 19.2 Å². The number of hydrogen-bond donors (Lipinski definition) is 1. The molecule has 1 aliphatic rings. The van der Waals surface area contributed by atoms with Crippen molar-refractivity contribution in [3.05, 3.63) is 11.9 Å². The average molecular weight is 243 g/mol. The second kappa shape index (κ2) is 3.40. The van der Waals surface area contributed by atoms with E-state index in [2.05, 4.69) is 11.6 Å². The molecular weight excluding hydrogens is 233 g/mol. The Morgan fingerprint density at radius 3 is 2.27 bits per heavy atom. The number of alkyl halides is 3. The molecule has 1 aliphatic carbocycles. The van der Waals surface area contributed by atoms with Gasteiger partial charge in [-0.1, -0.05) is 13.8 Å². The zero-order valence-corrected chi connectivity index (χ0v) is 8.86. The van der Waals surface area contributed by atoms with Gasteiger partial charge in [-0.3, -0.25) is 4.79 Å². The smallest absolute Gasteiger partial charge is 0.373 e. The maximum Gasteiger partial charge on any atom is 0.373 e. The minimum atomic E-state index is -4.05. The molecule has 2 atom stereocenters. The Labute approximate surface area is 89.7 Å². The second-order valence-electron chi connectivity index (χ2n) is 4.18. The highest BCUT2D eigenvalue weighted by atomic mass is 35.5. The van der Waals surface area contributed by atoms with E-state index < -0.39 is 34.4 Å². The van der Waals surface area contributed by atoms with Crippen molar-refractivity contribution < 1.29 is 23.1 Å². The van der Waals surface area contributed by atoms with Crippen LogP contribution >= 0.6 is 11.6 Å². The van der Waals surface area contributed by atoms with E-state index in [0.29, 0.717) is 6.08 Å². The topological polar surface area (TPSA) is 37.3 Å². The largest absolute Gasteiger partial charge is 0.481 e. The highest BCUT2D eigenvalue weighted by Crippen LogP contribution is 2.59. The van der Waals surface area contributed by atoms with Crippen LogP contribution in [-0.4, -0.2) is 16.5 Å². The second-order valence-corrected chi connectivity index (χ2v) is 4.65. The van der Waals surface area contributed by atoms with E-state index in [-0.39, 0.29) is 0 Å². The number of hydrogen-bond acceptors (Lipinski definition) is 1. The zero-order valence-electron chi connectivity index (χ0n) is 8.10. The standard InChI is InChI=1S/C9H10ClF3O2/c1-8(2)4(6(8)7(14)15)3-5(11)9(10,12)13/h3-4,6H,1-2H3,(H,14,15)/t4-,6-/m0/s1. The Balaban J connectivity index is 2.83.